The van der Waals surface area contributed by atoms with Gasteiger partial charge in [-0.05, 0) is 30.5 Å². The number of carbonyl (C=O) groups excluding carboxylic acids is 1. The van der Waals surface area contributed by atoms with Crippen LogP contribution in [0.4, 0.5) is 0 Å². The maximum atomic E-state index is 12.1. The Morgan fingerprint density at radius 2 is 2.22 bits per heavy atom. The highest BCUT2D eigenvalue weighted by molar-refractivity contribution is 6.35. The lowest BCUT2D eigenvalue weighted by Crippen LogP contribution is -2.46. The van der Waals surface area contributed by atoms with E-state index in [1.165, 1.54) is 0 Å². The smallest absolute Gasteiger partial charge is 0.227 e. The second-order valence-electron chi connectivity index (χ2n) is 4.65. The minimum Gasteiger partial charge on any atom is -0.341 e. The highest BCUT2D eigenvalue weighted by Gasteiger charge is 2.21. The van der Waals surface area contributed by atoms with Crippen molar-refractivity contribution in [1.82, 2.24) is 4.90 Å². The van der Waals surface area contributed by atoms with Crippen LogP contribution in [0.5, 0.6) is 0 Å². The zero-order chi connectivity index (χ0) is 13.1. The third-order valence-electron chi connectivity index (χ3n) is 3.17. The summed E-state index contributed by atoms with van der Waals surface area (Å²) in [6.07, 6.45) is 2.27. The predicted octanol–water partition coefficient (Wildman–Crippen LogP) is 2.49. The molecule has 1 fully saturated rings. The second-order valence-corrected chi connectivity index (χ2v) is 5.50. The maximum absolute atomic E-state index is 12.1. The molecule has 0 aliphatic carbocycles. The molecule has 1 amide bonds. The Bertz CT molecular complexity index is 451. The average Bonchev–Trinajstić information content (AvgIpc) is 2.32. The van der Waals surface area contributed by atoms with E-state index in [9.17, 15) is 4.79 Å². The Hall–Kier alpha value is -0.770. The van der Waals surface area contributed by atoms with Crippen LogP contribution in [-0.4, -0.2) is 29.9 Å². The van der Waals surface area contributed by atoms with E-state index in [2.05, 4.69) is 0 Å². The van der Waals surface area contributed by atoms with Crippen molar-refractivity contribution in [2.24, 2.45) is 5.73 Å². The summed E-state index contributed by atoms with van der Waals surface area (Å²) in [5, 5.41) is 1.12. The van der Waals surface area contributed by atoms with Crippen molar-refractivity contribution in [3.05, 3.63) is 33.8 Å². The lowest BCUT2D eigenvalue weighted by atomic mass is 10.1. The van der Waals surface area contributed by atoms with Gasteiger partial charge in [-0.1, -0.05) is 29.3 Å². The largest absolute Gasteiger partial charge is 0.341 e. The minimum absolute atomic E-state index is 0.0781. The summed E-state index contributed by atoms with van der Waals surface area (Å²) >= 11 is 11.9. The molecule has 0 saturated carbocycles. The van der Waals surface area contributed by atoms with Gasteiger partial charge in [0.25, 0.3) is 0 Å². The molecule has 1 aliphatic heterocycles. The van der Waals surface area contributed by atoms with E-state index in [4.69, 9.17) is 28.9 Å². The molecular weight excluding hydrogens is 271 g/mol. The van der Waals surface area contributed by atoms with Crippen LogP contribution in [0.3, 0.4) is 0 Å². The van der Waals surface area contributed by atoms with Gasteiger partial charge in [0.15, 0.2) is 0 Å². The minimum atomic E-state index is 0.0781. The highest BCUT2D eigenvalue weighted by atomic mass is 35.5. The number of hydrogen-bond acceptors (Lipinski definition) is 2. The standard InChI is InChI=1S/C13H16Cl2N2O/c14-10-4-3-9(12(15)7-10)6-13(18)17-5-1-2-11(16)8-17/h3-4,7,11H,1-2,5-6,8,16H2. The van der Waals surface area contributed by atoms with E-state index in [0.717, 1.165) is 24.9 Å². The van der Waals surface area contributed by atoms with E-state index in [-0.39, 0.29) is 11.9 Å². The fourth-order valence-corrected chi connectivity index (χ4v) is 2.65. The van der Waals surface area contributed by atoms with E-state index in [1.807, 2.05) is 4.90 Å². The van der Waals surface area contributed by atoms with Crippen molar-refractivity contribution in [3.63, 3.8) is 0 Å². The first kappa shape index (κ1) is 13.7. The van der Waals surface area contributed by atoms with Gasteiger partial charge < -0.3 is 10.6 Å². The van der Waals surface area contributed by atoms with Gasteiger partial charge in [-0.2, -0.15) is 0 Å². The number of amides is 1. The molecule has 1 unspecified atom stereocenters. The number of hydrogen-bond donors (Lipinski definition) is 1. The zero-order valence-electron chi connectivity index (χ0n) is 10.0. The molecule has 1 aliphatic rings. The Labute approximate surface area is 117 Å². The van der Waals surface area contributed by atoms with E-state index < -0.39 is 0 Å². The maximum Gasteiger partial charge on any atom is 0.227 e. The molecule has 1 atom stereocenters. The van der Waals surface area contributed by atoms with Gasteiger partial charge in [-0.25, -0.2) is 0 Å². The van der Waals surface area contributed by atoms with Crippen LogP contribution >= 0.6 is 23.2 Å². The fraction of sp³-hybridized carbons (Fsp3) is 0.462. The van der Waals surface area contributed by atoms with Gasteiger partial charge in [-0.3, -0.25) is 4.79 Å². The summed E-state index contributed by atoms with van der Waals surface area (Å²) in [4.78, 5) is 13.9. The van der Waals surface area contributed by atoms with Crippen molar-refractivity contribution in [2.75, 3.05) is 13.1 Å². The number of likely N-dealkylation sites (tertiary alicyclic amines) is 1. The number of carbonyl (C=O) groups is 1. The molecule has 0 spiro atoms. The van der Waals surface area contributed by atoms with Crippen LogP contribution < -0.4 is 5.73 Å². The Balaban J connectivity index is 2.02. The first-order valence-electron chi connectivity index (χ1n) is 6.03. The van der Waals surface area contributed by atoms with Gasteiger partial charge in [0.05, 0.1) is 6.42 Å². The number of benzene rings is 1. The Morgan fingerprint density at radius 1 is 1.44 bits per heavy atom. The fourth-order valence-electron chi connectivity index (χ4n) is 2.18. The first-order valence-corrected chi connectivity index (χ1v) is 6.79. The Morgan fingerprint density at radius 3 is 2.89 bits per heavy atom. The molecule has 2 N–H and O–H groups in total. The molecule has 1 heterocycles. The molecule has 2 rings (SSSR count). The molecule has 0 radical (unpaired) electrons. The molecule has 5 heteroatoms. The normalized spacial score (nSPS) is 19.9. The summed E-state index contributed by atoms with van der Waals surface area (Å²) in [6, 6.07) is 5.31. The average molecular weight is 287 g/mol. The molecule has 0 aromatic heterocycles. The summed E-state index contributed by atoms with van der Waals surface area (Å²) in [6.45, 7) is 1.43. The third kappa shape index (κ3) is 3.37. The number of nitrogens with two attached hydrogens (primary N) is 1. The quantitative estimate of drug-likeness (QED) is 0.908. The van der Waals surface area contributed by atoms with Crippen molar-refractivity contribution in [1.29, 1.82) is 0 Å². The van der Waals surface area contributed by atoms with Gasteiger partial charge in [-0.15, -0.1) is 0 Å². The Kier molecular flexibility index (Phi) is 4.49. The van der Waals surface area contributed by atoms with Crippen molar-refractivity contribution in [2.45, 2.75) is 25.3 Å². The summed E-state index contributed by atoms with van der Waals surface area (Å²) in [5.74, 6) is 0.0781. The lowest BCUT2D eigenvalue weighted by molar-refractivity contribution is -0.131. The predicted molar refractivity (Wildman–Crippen MR) is 74.0 cm³/mol. The third-order valence-corrected chi connectivity index (χ3v) is 3.75. The van der Waals surface area contributed by atoms with Crippen molar-refractivity contribution in [3.8, 4) is 0 Å². The van der Waals surface area contributed by atoms with Crippen LogP contribution in [-0.2, 0) is 11.2 Å². The van der Waals surface area contributed by atoms with Crippen LogP contribution in [0.2, 0.25) is 10.0 Å². The van der Waals surface area contributed by atoms with Crippen LogP contribution in [0.1, 0.15) is 18.4 Å². The summed E-state index contributed by atoms with van der Waals surface area (Å²) < 4.78 is 0. The highest BCUT2D eigenvalue weighted by Crippen LogP contribution is 2.22. The first-order chi connectivity index (χ1) is 8.56. The monoisotopic (exact) mass is 286 g/mol. The number of halogens is 2. The van der Waals surface area contributed by atoms with Gasteiger partial charge in [0.1, 0.15) is 0 Å². The van der Waals surface area contributed by atoms with E-state index >= 15 is 0 Å². The summed E-state index contributed by atoms with van der Waals surface area (Å²) in [7, 11) is 0. The van der Waals surface area contributed by atoms with Crippen LogP contribution in [0, 0.1) is 0 Å². The molecule has 1 saturated heterocycles. The molecule has 1 aromatic carbocycles. The number of piperidine rings is 1. The molecule has 1 aromatic rings. The molecule has 18 heavy (non-hydrogen) atoms. The van der Waals surface area contributed by atoms with Gasteiger partial charge in [0.2, 0.25) is 5.91 Å². The zero-order valence-corrected chi connectivity index (χ0v) is 11.5. The molecule has 0 bridgehead atoms. The van der Waals surface area contributed by atoms with E-state index in [1.54, 1.807) is 18.2 Å². The number of rotatable bonds is 2. The topological polar surface area (TPSA) is 46.3 Å². The van der Waals surface area contributed by atoms with Crippen LogP contribution in [0.25, 0.3) is 0 Å². The van der Waals surface area contributed by atoms with Crippen LogP contribution in [0.15, 0.2) is 18.2 Å². The van der Waals surface area contributed by atoms with Crippen molar-refractivity contribution >= 4 is 29.1 Å². The second kappa shape index (κ2) is 5.91. The molecule has 3 nitrogen and oxygen atoms in total. The summed E-state index contributed by atoms with van der Waals surface area (Å²) in [5.41, 5.74) is 6.68. The van der Waals surface area contributed by atoms with Crippen molar-refractivity contribution < 1.29 is 4.79 Å². The van der Waals surface area contributed by atoms with Gasteiger partial charge >= 0.3 is 0 Å². The molecule has 98 valence electrons. The lowest BCUT2D eigenvalue weighted by Gasteiger charge is -2.31. The SMILES string of the molecule is NC1CCCN(C(=O)Cc2ccc(Cl)cc2Cl)C1. The molecular formula is C13H16Cl2N2O. The van der Waals surface area contributed by atoms with Gasteiger partial charge in [0, 0.05) is 29.2 Å². The number of nitrogens with zero attached hydrogens (tertiary/aromatic N) is 1. The van der Waals surface area contributed by atoms with E-state index in [0.29, 0.717) is 23.0 Å².